The van der Waals surface area contributed by atoms with Crippen LogP contribution in [-0.2, 0) is 9.53 Å². The van der Waals surface area contributed by atoms with Crippen molar-refractivity contribution in [2.45, 2.75) is 0 Å². The number of thioether (sulfide) groups is 1. The lowest BCUT2D eigenvalue weighted by Gasteiger charge is -2.00. The zero-order valence-electron chi connectivity index (χ0n) is 14.1. The minimum Gasteiger partial charge on any atom is -0.478 e. The zero-order valence-corrected chi connectivity index (χ0v) is 14.9. The molecule has 0 unspecified atom stereocenters. The molecule has 0 atom stereocenters. The lowest BCUT2D eigenvalue weighted by Crippen LogP contribution is -2.19. The summed E-state index contributed by atoms with van der Waals surface area (Å²) in [7, 11) is 1.31. The number of hydrogen-bond acceptors (Lipinski definition) is 6. The Balaban J connectivity index is 1.79. The molecule has 27 heavy (non-hydrogen) atoms. The molecule has 0 radical (unpaired) electrons. The number of rotatable bonds is 4. The monoisotopic (exact) mass is 382 g/mol. The fraction of sp³-hybridized carbons (Fsp3) is 0.0526. The molecule has 1 aliphatic heterocycles. The molecule has 136 valence electrons. The summed E-state index contributed by atoms with van der Waals surface area (Å²) >= 11 is 1.15. The molecular formula is C19H14N2O5S. The first-order valence-electron chi connectivity index (χ1n) is 7.77. The van der Waals surface area contributed by atoms with E-state index in [1.807, 2.05) is 0 Å². The maximum absolute atomic E-state index is 12.1. The number of esters is 1. The highest BCUT2D eigenvalue weighted by Crippen LogP contribution is 2.28. The van der Waals surface area contributed by atoms with Gasteiger partial charge in [-0.05, 0) is 53.7 Å². The van der Waals surface area contributed by atoms with E-state index in [1.165, 1.54) is 19.2 Å². The van der Waals surface area contributed by atoms with Crippen LogP contribution in [0.2, 0.25) is 0 Å². The molecule has 1 saturated heterocycles. The number of carboxylic acid groups (broad SMARTS) is 1. The van der Waals surface area contributed by atoms with Crippen LogP contribution in [0.3, 0.4) is 0 Å². The Hall–Kier alpha value is -3.39. The third kappa shape index (κ3) is 4.42. The smallest absolute Gasteiger partial charge is 0.337 e. The van der Waals surface area contributed by atoms with Crippen molar-refractivity contribution in [1.29, 1.82) is 0 Å². The van der Waals surface area contributed by atoms with Crippen molar-refractivity contribution in [1.82, 2.24) is 5.32 Å². The van der Waals surface area contributed by atoms with Gasteiger partial charge in [-0.25, -0.2) is 14.6 Å². The van der Waals surface area contributed by atoms with Crippen LogP contribution in [0.1, 0.15) is 26.3 Å². The highest BCUT2D eigenvalue weighted by atomic mass is 32.2. The van der Waals surface area contributed by atoms with Crippen molar-refractivity contribution in [2.24, 2.45) is 4.99 Å². The van der Waals surface area contributed by atoms with Gasteiger partial charge in [-0.2, -0.15) is 0 Å². The van der Waals surface area contributed by atoms with Crippen LogP contribution in [0.25, 0.3) is 6.08 Å². The third-order valence-electron chi connectivity index (χ3n) is 3.60. The summed E-state index contributed by atoms with van der Waals surface area (Å²) in [4.78, 5) is 39.3. The topological polar surface area (TPSA) is 105 Å². The second-order valence-electron chi connectivity index (χ2n) is 5.45. The molecule has 1 heterocycles. The number of amides is 1. The van der Waals surface area contributed by atoms with Crippen LogP contribution in [0.15, 0.2) is 58.4 Å². The van der Waals surface area contributed by atoms with Crippen molar-refractivity contribution in [2.75, 3.05) is 7.11 Å². The number of methoxy groups -OCH3 is 1. The van der Waals surface area contributed by atoms with Crippen molar-refractivity contribution in [3.05, 3.63) is 70.1 Å². The molecular weight excluding hydrogens is 368 g/mol. The van der Waals surface area contributed by atoms with Crippen molar-refractivity contribution in [3.8, 4) is 0 Å². The number of hydrogen-bond donors (Lipinski definition) is 2. The summed E-state index contributed by atoms with van der Waals surface area (Å²) in [5, 5.41) is 12.0. The zero-order chi connectivity index (χ0) is 19.4. The second kappa shape index (κ2) is 7.88. The quantitative estimate of drug-likeness (QED) is 0.622. The van der Waals surface area contributed by atoms with Gasteiger partial charge in [0.15, 0.2) is 5.17 Å². The average Bonchev–Trinajstić information content (AvgIpc) is 3.00. The SMILES string of the molecule is COC(=O)c1ccc(/C=C2\SC(=Nc3cccc(C(=O)O)c3)NC2=O)cc1. The summed E-state index contributed by atoms with van der Waals surface area (Å²) in [6.45, 7) is 0. The number of amidine groups is 1. The number of nitrogens with zero attached hydrogens (tertiary/aromatic N) is 1. The Morgan fingerprint density at radius 3 is 2.56 bits per heavy atom. The second-order valence-corrected chi connectivity index (χ2v) is 6.48. The fourth-order valence-corrected chi connectivity index (χ4v) is 3.13. The number of ether oxygens (including phenoxy) is 1. The van der Waals surface area contributed by atoms with E-state index in [2.05, 4.69) is 15.0 Å². The third-order valence-corrected chi connectivity index (χ3v) is 4.51. The lowest BCUT2D eigenvalue weighted by molar-refractivity contribution is -0.115. The van der Waals surface area contributed by atoms with Crippen LogP contribution in [0.4, 0.5) is 5.69 Å². The predicted octanol–water partition coefficient (Wildman–Crippen LogP) is 3.06. The maximum Gasteiger partial charge on any atom is 0.337 e. The van der Waals surface area contributed by atoms with E-state index in [1.54, 1.807) is 42.5 Å². The summed E-state index contributed by atoms with van der Waals surface area (Å²) in [6.07, 6.45) is 1.68. The minimum absolute atomic E-state index is 0.118. The molecule has 1 amide bonds. The van der Waals surface area contributed by atoms with Gasteiger partial charge in [-0.15, -0.1) is 0 Å². The first-order valence-corrected chi connectivity index (χ1v) is 8.59. The minimum atomic E-state index is -1.05. The van der Waals surface area contributed by atoms with Gasteiger partial charge in [-0.3, -0.25) is 4.79 Å². The van der Waals surface area contributed by atoms with Crippen LogP contribution < -0.4 is 5.32 Å². The number of aromatic carboxylic acids is 1. The Labute approximate surface area is 158 Å². The van der Waals surface area contributed by atoms with E-state index < -0.39 is 11.9 Å². The van der Waals surface area contributed by atoms with Crippen molar-refractivity contribution in [3.63, 3.8) is 0 Å². The van der Waals surface area contributed by atoms with Gasteiger partial charge in [0.25, 0.3) is 5.91 Å². The van der Waals surface area contributed by atoms with Gasteiger partial charge in [0, 0.05) is 0 Å². The molecule has 2 aromatic carbocycles. The summed E-state index contributed by atoms with van der Waals surface area (Å²) in [5.74, 6) is -1.78. The Bertz CT molecular complexity index is 980. The van der Waals surface area contributed by atoms with E-state index in [0.29, 0.717) is 21.3 Å². The first-order chi connectivity index (χ1) is 13.0. The van der Waals surface area contributed by atoms with Gasteiger partial charge in [0.05, 0.1) is 28.8 Å². The summed E-state index contributed by atoms with van der Waals surface area (Å²) < 4.78 is 4.65. The predicted molar refractivity (Wildman–Crippen MR) is 102 cm³/mol. The van der Waals surface area contributed by atoms with E-state index in [0.717, 1.165) is 17.3 Å². The molecule has 8 heteroatoms. The maximum atomic E-state index is 12.1. The van der Waals surface area contributed by atoms with E-state index >= 15 is 0 Å². The Morgan fingerprint density at radius 2 is 1.89 bits per heavy atom. The van der Waals surface area contributed by atoms with Gasteiger partial charge in [0.2, 0.25) is 0 Å². The van der Waals surface area contributed by atoms with E-state index in [4.69, 9.17) is 5.11 Å². The molecule has 2 aromatic rings. The first kappa shape index (κ1) is 18.4. The molecule has 0 saturated carbocycles. The molecule has 1 fully saturated rings. The van der Waals surface area contributed by atoms with Crippen LogP contribution in [0.5, 0.6) is 0 Å². The van der Waals surface area contributed by atoms with Gasteiger partial charge in [-0.1, -0.05) is 18.2 Å². The number of carboxylic acids is 1. The standard InChI is InChI=1S/C19H14N2O5S/c1-26-18(25)12-7-5-11(6-8-12)9-15-16(22)21-19(27-15)20-14-4-2-3-13(10-14)17(23)24/h2-10H,1H3,(H,23,24)(H,20,21,22)/b15-9-. The largest absolute Gasteiger partial charge is 0.478 e. The number of carbonyl (C=O) groups is 3. The number of benzene rings is 2. The molecule has 7 nitrogen and oxygen atoms in total. The highest BCUT2D eigenvalue weighted by molar-refractivity contribution is 8.18. The Morgan fingerprint density at radius 1 is 1.15 bits per heavy atom. The van der Waals surface area contributed by atoms with Crippen molar-refractivity contribution < 1.29 is 24.2 Å². The fourth-order valence-electron chi connectivity index (χ4n) is 2.29. The highest BCUT2D eigenvalue weighted by Gasteiger charge is 2.23. The summed E-state index contributed by atoms with van der Waals surface area (Å²) in [6, 6.07) is 12.8. The van der Waals surface area contributed by atoms with Gasteiger partial charge >= 0.3 is 11.9 Å². The summed E-state index contributed by atoms with van der Waals surface area (Å²) in [5.41, 5.74) is 1.71. The van der Waals surface area contributed by atoms with E-state index in [-0.39, 0.29) is 11.5 Å². The van der Waals surface area contributed by atoms with Crippen molar-refractivity contribution >= 4 is 46.5 Å². The Kier molecular flexibility index (Phi) is 5.37. The number of aliphatic imine (C=N–C) groups is 1. The molecule has 1 aliphatic rings. The molecule has 0 aromatic heterocycles. The van der Waals surface area contributed by atoms with Crippen LogP contribution in [-0.4, -0.2) is 35.2 Å². The average molecular weight is 382 g/mol. The van der Waals surface area contributed by atoms with Crippen LogP contribution in [0, 0.1) is 0 Å². The lowest BCUT2D eigenvalue weighted by atomic mass is 10.1. The van der Waals surface area contributed by atoms with Gasteiger partial charge < -0.3 is 15.2 Å². The molecule has 0 spiro atoms. The number of nitrogens with one attached hydrogen (secondary N) is 1. The normalized spacial score (nSPS) is 16.4. The molecule has 2 N–H and O–H groups in total. The van der Waals surface area contributed by atoms with E-state index in [9.17, 15) is 14.4 Å². The van der Waals surface area contributed by atoms with Crippen LogP contribution >= 0.6 is 11.8 Å². The number of carbonyl (C=O) groups excluding carboxylic acids is 2. The molecule has 0 bridgehead atoms. The molecule has 3 rings (SSSR count). The molecule has 0 aliphatic carbocycles. The van der Waals surface area contributed by atoms with Gasteiger partial charge in [0.1, 0.15) is 0 Å².